The van der Waals surface area contributed by atoms with E-state index >= 15 is 0 Å². The molecular formula is C57H100O6. The van der Waals surface area contributed by atoms with Gasteiger partial charge in [-0.25, -0.2) is 0 Å². The van der Waals surface area contributed by atoms with E-state index in [1.54, 1.807) is 0 Å². The minimum atomic E-state index is -0.785. The zero-order valence-corrected chi connectivity index (χ0v) is 41.6. The number of unbranched alkanes of at least 4 members (excludes halogenated alkanes) is 27. The Morgan fingerprint density at radius 1 is 0.317 bits per heavy atom. The molecule has 0 spiro atoms. The lowest BCUT2D eigenvalue weighted by Gasteiger charge is -2.18. The molecule has 0 aliphatic rings. The second kappa shape index (κ2) is 51.7. The number of carbonyl (C=O) groups excluding carboxylic acids is 3. The number of allylic oxidation sites excluding steroid dienone is 10. The number of esters is 3. The lowest BCUT2D eigenvalue weighted by Crippen LogP contribution is -2.30. The highest BCUT2D eigenvalue weighted by molar-refractivity contribution is 5.71. The van der Waals surface area contributed by atoms with Crippen LogP contribution in [0.1, 0.15) is 265 Å². The summed E-state index contributed by atoms with van der Waals surface area (Å²) in [7, 11) is 0. The Morgan fingerprint density at radius 3 is 0.937 bits per heavy atom. The van der Waals surface area contributed by atoms with Gasteiger partial charge in [-0.2, -0.15) is 0 Å². The van der Waals surface area contributed by atoms with E-state index in [0.29, 0.717) is 19.3 Å². The predicted octanol–water partition coefficient (Wildman–Crippen LogP) is 17.6. The number of hydrogen-bond donors (Lipinski definition) is 0. The van der Waals surface area contributed by atoms with Crippen LogP contribution in [0.5, 0.6) is 0 Å². The highest BCUT2D eigenvalue weighted by Gasteiger charge is 2.19. The van der Waals surface area contributed by atoms with E-state index < -0.39 is 6.10 Å². The van der Waals surface area contributed by atoms with Crippen LogP contribution in [0.2, 0.25) is 0 Å². The highest BCUT2D eigenvalue weighted by atomic mass is 16.6. The van der Waals surface area contributed by atoms with E-state index in [9.17, 15) is 14.4 Å². The van der Waals surface area contributed by atoms with E-state index in [1.807, 2.05) is 0 Å². The van der Waals surface area contributed by atoms with Crippen molar-refractivity contribution in [3.63, 3.8) is 0 Å². The summed E-state index contributed by atoms with van der Waals surface area (Å²) in [4.78, 5) is 38.0. The number of ether oxygens (including phenoxy) is 3. The molecule has 6 heteroatoms. The van der Waals surface area contributed by atoms with Crippen molar-refractivity contribution in [2.45, 2.75) is 271 Å². The topological polar surface area (TPSA) is 78.9 Å². The van der Waals surface area contributed by atoms with Crippen molar-refractivity contribution in [2.24, 2.45) is 0 Å². The molecule has 6 nitrogen and oxygen atoms in total. The van der Waals surface area contributed by atoms with E-state index in [-0.39, 0.29) is 31.1 Å². The maximum absolute atomic E-state index is 12.8. The smallest absolute Gasteiger partial charge is 0.306 e. The van der Waals surface area contributed by atoms with Gasteiger partial charge in [0.15, 0.2) is 6.10 Å². The van der Waals surface area contributed by atoms with E-state index in [1.165, 1.54) is 128 Å². The molecular weight excluding hydrogens is 781 g/mol. The van der Waals surface area contributed by atoms with Gasteiger partial charge in [0.2, 0.25) is 0 Å². The van der Waals surface area contributed by atoms with Gasteiger partial charge in [-0.05, 0) is 103 Å². The molecule has 0 aromatic heterocycles. The summed E-state index contributed by atoms with van der Waals surface area (Å²) in [6, 6.07) is 0. The maximum Gasteiger partial charge on any atom is 0.306 e. The van der Waals surface area contributed by atoms with Crippen molar-refractivity contribution in [3.05, 3.63) is 60.8 Å². The van der Waals surface area contributed by atoms with Gasteiger partial charge >= 0.3 is 17.9 Å². The molecule has 0 aromatic carbocycles. The minimum absolute atomic E-state index is 0.0844. The van der Waals surface area contributed by atoms with Crippen molar-refractivity contribution in [1.29, 1.82) is 0 Å². The van der Waals surface area contributed by atoms with Crippen LogP contribution >= 0.6 is 0 Å². The van der Waals surface area contributed by atoms with Gasteiger partial charge < -0.3 is 14.2 Å². The molecule has 0 bridgehead atoms. The SMILES string of the molecule is CCCC/C=C\CCCCCCCC(=O)OC[C@@H](COC(=O)CCCCCCCCCCC/C=C\C/C=C\CCCCC)OC(=O)CCCCCCC/C=C\C/C=C\CCCCC. The van der Waals surface area contributed by atoms with Gasteiger partial charge in [0.05, 0.1) is 0 Å². The molecule has 0 amide bonds. The summed E-state index contributed by atoms with van der Waals surface area (Å²) in [5.74, 6) is -0.907. The summed E-state index contributed by atoms with van der Waals surface area (Å²) in [6.07, 6.45) is 63.4. The standard InChI is InChI=1S/C57H100O6/c1-4-7-10-13-16-19-22-24-26-27-28-29-31-32-35-38-41-44-47-50-56(59)62-53-54(52-61-55(58)49-46-43-40-37-34-21-18-15-12-9-6-3)63-57(60)51-48-45-42-39-36-33-30-25-23-20-17-14-11-8-5-2/h15-20,24-26,30,54H,4-14,21-23,27-29,31-53H2,1-3H3/b18-15-,19-16-,20-17-,26-24-,30-25-/t54-/m0/s1. The number of rotatable bonds is 48. The van der Waals surface area contributed by atoms with Crippen molar-refractivity contribution in [2.75, 3.05) is 13.2 Å². The molecule has 0 rings (SSSR count). The van der Waals surface area contributed by atoms with Crippen LogP contribution in [0.25, 0.3) is 0 Å². The Bertz CT molecular complexity index is 1150. The van der Waals surface area contributed by atoms with Crippen LogP contribution in [-0.4, -0.2) is 37.2 Å². The van der Waals surface area contributed by atoms with Crippen LogP contribution in [-0.2, 0) is 28.6 Å². The van der Waals surface area contributed by atoms with Crippen molar-refractivity contribution >= 4 is 17.9 Å². The fraction of sp³-hybridized carbons (Fsp3) is 0.772. The Balaban J connectivity index is 4.36. The second-order valence-corrected chi connectivity index (χ2v) is 17.8. The summed E-state index contributed by atoms with van der Waals surface area (Å²) in [5, 5.41) is 0. The largest absolute Gasteiger partial charge is 0.462 e. The first-order valence-electron chi connectivity index (χ1n) is 26.8. The summed E-state index contributed by atoms with van der Waals surface area (Å²) < 4.78 is 16.8. The zero-order chi connectivity index (χ0) is 45.8. The van der Waals surface area contributed by atoms with Gasteiger partial charge in [0.1, 0.15) is 13.2 Å². The molecule has 0 N–H and O–H groups in total. The summed E-state index contributed by atoms with van der Waals surface area (Å²) in [6.45, 7) is 6.54. The molecule has 364 valence electrons. The molecule has 0 heterocycles. The molecule has 0 unspecified atom stereocenters. The monoisotopic (exact) mass is 881 g/mol. The van der Waals surface area contributed by atoms with Crippen molar-refractivity contribution in [1.82, 2.24) is 0 Å². The van der Waals surface area contributed by atoms with Gasteiger partial charge in [0.25, 0.3) is 0 Å². The van der Waals surface area contributed by atoms with Crippen LogP contribution in [0.3, 0.4) is 0 Å². The lowest BCUT2D eigenvalue weighted by molar-refractivity contribution is -0.167. The molecule has 63 heavy (non-hydrogen) atoms. The average Bonchev–Trinajstić information content (AvgIpc) is 3.28. The Kier molecular flexibility index (Phi) is 49.4. The minimum Gasteiger partial charge on any atom is -0.462 e. The molecule has 0 radical (unpaired) electrons. The Hall–Kier alpha value is -2.89. The highest BCUT2D eigenvalue weighted by Crippen LogP contribution is 2.14. The molecule has 1 atom stereocenters. The third-order valence-electron chi connectivity index (χ3n) is 11.5. The summed E-state index contributed by atoms with van der Waals surface area (Å²) >= 11 is 0. The predicted molar refractivity (Wildman–Crippen MR) is 270 cm³/mol. The van der Waals surface area contributed by atoms with Crippen LogP contribution < -0.4 is 0 Å². The van der Waals surface area contributed by atoms with Gasteiger partial charge in [-0.15, -0.1) is 0 Å². The number of carbonyl (C=O) groups is 3. The first-order chi connectivity index (χ1) is 31.0. The molecule has 0 aromatic rings. The molecule has 0 aliphatic carbocycles. The van der Waals surface area contributed by atoms with E-state index in [2.05, 4.69) is 81.5 Å². The second-order valence-electron chi connectivity index (χ2n) is 17.8. The van der Waals surface area contributed by atoms with Gasteiger partial charge in [-0.1, -0.05) is 204 Å². The Morgan fingerprint density at radius 2 is 0.587 bits per heavy atom. The quantitative estimate of drug-likeness (QED) is 0.0262. The van der Waals surface area contributed by atoms with E-state index in [0.717, 1.165) is 96.3 Å². The van der Waals surface area contributed by atoms with Crippen LogP contribution in [0.15, 0.2) is 60.8 Å². The lowest BCUT2D eigenvalue weighted by atomic mass is 10.1. The zero-order valence-electron chi connectivity index (χ0n) is 41.6. The third kappa shape index (κ3) is 50.0. The fourth-order valence-electron chi connectivity index (χ4n) is 7.37. The first kappa shape index (κ1) is 60.1. The maximum atomic E-state index is 12.8. The summed E-state index contributed by atoms with van der Waals surface area (Å²) in [5.41, 5.74) is 0. The Labute approximate surface area is 390 Å². The average molecular weight is 881 g/mol. The van der Waals surface area contributed by atoms with Crippen LogP contribution in [0.4, 0.5) is 0 Å². The van der Waals surface area contributed by atoms with Crippen molar-refractivity contribution < 1.29 is 28.6 Å². The molecule has 0 saturated heterocycles. The van der Waals surface area contributed by atoms with Crippen LogP contribution in [0, 0.1) is 0 Å². The van der Waals surface area contributed by atoms with Gasteiger partial charge in [-0.3, -0.25) is 14.4 Å². The van der Waals surface area contributed by atoms with E-state index in [4.69, 9.17) is 14.2 Å². The van der Waals surface area contributed by atoms with Gasteiger partial charge in [0, 0.05) is 19.3 Å². The fourth-order valence-corrected chi connectivity index (χ4v) is 7.37. The molecule has 0 saturated carbocycles. The number of hydrogen-bond acceptors (Lipinski definition) is 6. The third-order valence-corrected chi connectivity index (χ3v) is 11.5. The normalized spacial score (nSPS) is 12.5. The molecule has 0 fully saturated rings. The first-order valence-corrected chi connectivity index (χ1v) is 26.8. The van der Waals surface area contributed by atoms with Crippen molar-refractivity contribution in [3.8, 4) is 0 Å². The molecule has 0 aliphatic heterocycles.